The van der Waals surface area contributed by atoms with Crippen molar-refractivity contribution >= 4 is 29.0 Å². The molecule has 0 fully saturated rings. The van der Waals surface area contributed by atoms with Gasteiger partial charge in [0.15, 0.2) is 5.78 Å². The summed E-state index contributed by atoms with van der Waals surface area (Å²) in [6.45, 7) is 3.96. The van der Waals surface area contributed by atoms with Crippen LogP contribution in [0.4, 0.5) is 0 Å². The van der Waals surface area contributed by atoms with Crippen molar-refractivity contribution in [3.05, 3.63) is 46.0 Å². The van der Waals surface area contributed by atoms with Crippen LogP contribution in [0.3, 0.4) is 0 Å². The zero-order chi connectivity index (χ0) is 14.0. The standard InChI is InChI=1S/C13H13Cl2N3O/c1-8(2)18-13(16-7-17-18)6-12(19)10-5-9(14)3-4-11(10)15/h3-5,7-8H,6H2,1-2H3. The van der Waals surface area contributed by atoms with Crippen LogP contribution in [0.2, 0.25) is 10.0 Å². The van der Waals surface area contributed by atoms with E-state index in [2.05, 4.69) is 10.1 Å². The third-order valence-corrected chi connectivity index (χ3v) is 3.25. The minimum absolute atomic E-state index is 0.123. The molecule has 0 aliphatic heterocycles. The first-order valence-electron chi connectivity index (χ1n) is 5.85. The van der Waals surface area contributed by atoms with Crippen molar-refractivity contribution in [2.75, 3.05) is 0 Å². The topological polar surface area (TPSA) is 47.8 Å². The molecule has 0 saturated heterocycles. The maximum atomic E-state index is 12.2. The second-order valence-corrected chi connectivity index (χ2v) is 5.28. The monoisotopic (exact) mass is 297 g/mol. The number of halogens is 2. The van der Waals surface area contributed by atoms with E-state index in [1.807, 2.05) is 13.8 Å². The molecule has 1 aromatic heterocycles. The predicted molar refractivity (Wildman–Crippen MR) is 74.9 cm³/mol. The summed E-state index contributed by atoms with van der Waals surface area (Å²) in [7, 11) is 0. The van der Waals surface area contributed by atoms with Gasteiger partial charge in [0.25, 0.3) is 0 Å². The number of carbonyl (C=O) groups is 1. The van der Waals surface area contributed by atoms with Crippen LogP contribution in [0.25, 0.3) is 0 Å². The highest BCUT2D eigenvalue weighted by Gasteiger charge is 2.16. The molecule has 0 aliphatic rings. The molecule has 2 rings (SSSR count). The number of rotatable bonds is 4. The molecule has 0 unspecified atom stereocenters. The molecule has 0 saturated carbocycles. The molecule has 1 aromatic carbocycles. The molecule has 0 atom stereocenters. The lowest BCUT2D eigenvalue weighted by molar-refractivity contribution is 0.0989. The van der Waals surface area contributed by atoms with Crippen molar-refractivity contribution in [3.8, 4) is 0 Å². The maximum Gasteiger partial charge on any atom is 0.171 e. The molecule has 0 spiro atoms. The van der Waals surface area contributed by atoms with Crippen LogP contribution >= 0.6 is 23.2 Å². The second-order valence-electron chi connectivity index (χ2n) is 4.44. The van der Waals surface area contributed by atoms with Crippen LogP contribution in [-0.2, 0) is 6.42 Å². The predicted octanol–water partition coefficient (Wildman–Crippen LogP) is 3.59. The summed E-state index contributed by atoms with van der Waals surface area (Å²) in [5.74, 6) is 0.499. The average Bonchev–Trinajstić information content (AvgIpc) is 2.80. The van der Waals surface area contributed by atoms with E-state index in [0.717, 1.165) is 0 Å². The lowest BCUT2D eigenvalue weighted by Crippen LogP contribution is -2.13. The fourth-order valence-corrected chi connectivity index (χ4v) is 2.18. The first-order chi connectivity index (χ1) is 8.99. The van der Waals surface area contributed by atoms with Crippen LogP contribution in [-0.4, -0.2) is 20.5 Å². The fourth-order valence-electron chi connectivity index (χ4n) is 1.78. The van der Waals surface area contributed by atoms with Gasteiger partial charge in [-0.05, 0) is 32.0 Å². The van der Waals surface area contributed by atoms with Gasteiger partial charge in [0.05, 0.1) is 11.4 Å². The van der Waals surface area contributed by atoms with E-state index in [-0.39, 0.29) is 18.2 Å². The van der Waals surface area contributed by atoms with E-state index < -0.39 is 0 Å². The molecular formula is C13H13Cl2N3O. The average molecular weight is 298 g/mol. The molecule has 1 heterocycles. The Hall–Kier alpha value is -1.39. The molecular weight excluding hydrogens is 285 g/mol. The minimum atomic E-state index is -0.123. The zero-order valence-electron chi connectivity index (χ0n) is 10.6. The summed E-state index contributed by atoms with van der Waals surface area (Å²) in [4.78, 5) is 16.3. The quantitative estimate of drug-likeness (QED) is 0.810. The highest BCUT2D eigenvalue weighted by atomic mass is 35.5. The Morgan fingerprint density at radius 2 is 2.11 bits per heavy atom. The van der Waals surface area contributed by atoms with Crippen LogP contribution in [0.1, 0.15) is 36.1 Å². The smallest absolute Gasteiger partial charge is 0.171 e. The number of aromatic nitrogens is 3. The van der Waals surface area contributed by atoms with Crippen molar-refractivity contribution in [1.29, 1.82) is 0 Å². The Kier molecular flexibility index (Phi) is 4.22. The Bertz CT molecular complexity index is 608. The first-order valence-corrected chi connectivity index (χ1v) is 6.61. The lowest BCUT2D eigenvalue weighted by Gasteiger charge is -2.09. The van der Waals surface area contributed by atoms with Crippen molar-refractivity contribution < 1.29 is 4.79 Å². The summed E-state index contributed by atoms with van der Waals surface area (Å²) in [5.41, 5.74) is 0.410. The maximum absolute atomic E-state index is 12.2. The van der Waals surface area contributed by atoms with Crippen LogP contribution < -0.4 is 0 Å². The highest BCUT2D eigenvalue weighted by Crippen LogP contribution is 2.22. The summed E-state index contributed by atoms with van der Waals surface area (Å²) >= 11 is 11.9. The summed E-state index contributed by atoms with van der Waals surface area (Å²) in [5, 5.41) is 4.97. The first kappa shape index (κ1) is 14.0. The molecule has 0 amide bonds. The number of benzene rings is 1. The number of ketones is 1. The normalized spacial score (nSPS) is 11.0. The molecule has 19 heavy (non-hydrogen) atoms. The van der Waals surface area contributed by atoms with Gasteiger partial charge in [0, 0.05) is 16.6 Å². The molecule has 0 N–H and O–H groups in total. The van der Waals surface area contributed by atoms with Crippen molar-refractivity contribution in [3.63, 3.8) is 0 Å². The van der Waals surface area contributed by atoms with Gasteiger partial charge in [-0.25, -0.2) is 9.67 Å². The van der Waals surface area contributed by atoms with Gasteiger partial charge in [-0.3, -0.25) is 4.79 Å². The fraction of sp³-hybridized carbons (Fsp3) is 0.308. The number of hydrogen-bond donors (Lipinski definition) is 0. The third kappa shape index (κ3) is 3.14. The Labute approximate surface area is 121 Å². The number of Topliss-reactive ketones (excluding diaryl/α,β-unsaturated/α-hetero) is 1. The van der Waals surface area contributed by atoms with Gasteiger partial charge in [-0.1, -0.05) is 23.2 Å². The van der Waals surface area contributed by atoms with Gasteiger partial charge in [-0.2, -0.15) is 5.10 Å². The van der Waals surface area contributed by atoms with E-state index in [0.29, 0.717) is 21.4 Å². The number of hydrogen-bond acceptors (Lipinski definition) is 3. The second kappa shape index (κ2) is 5.72. The van der Waals surface area contributed by atoms with Crippen molar-refractivity contribution in [1.82, 2.24) is 14.8 Å². The Balaban J connectivity index is 2.26. The van der Waals surface area contributed by atoms with Crippen LogP contribution in [0.15, 0.2) is 24.5 Å². The summed E-state index contributed by atoms with van der Waals surface area (Å²) < 4.78 is 1.72. The molecule has 0 aliphatic carbocycles. The van der Waals surface area contributed by atoms with Gasteiger partial charge in [-0.15, -0.1) is 0 Å². The molecule has 0 radical (unpaired) electrons. The van der Waals surface area contributed by atoms with E-state index in [1.54, 1.807) is 22.9 Å². The van der Waals surface area contributed by atoms with Crippen LogP contribution in [0, 0.1) is 0 Å². The molecule has 4 nitrogen and oxygen atoms in total. The van der Waals surface area contributed by atoms with Crippen molar-refractivity contribution in [2.24, 2.45) is 0 Å². The van der Waals surface area contributed by atoms with E-state index >= 15 is 0 Å². The van der Waals surface area contributed by atoms with Gasteiger partial charge < -0.3 is 0 Å². The van der Waals surface area contributed by atoms with E-state index in [9.17, 15) is 4.79 Å². The Morgan fingerprint density at radius 3 is 2.79 bits per heavy atom. The Morgan fingerprint density at radius 1 is 1.37 bits per heavy atom. The molecule has 0 bridgehead atoms. The van der Waals surface area contributed by atoms with Crippen molar-refractivity contribution in [2.45, 2.75) is 26.3 Å². The minimum Gasteiger partial charge on any atom is -0.294 e. The molecule has 2 aromatic rings. The van der Waals surface area contributed by atoms with E-state index in [1.165, 1.54) is 6.33 Å². The van der Waals surface area contributed by atoms with Gasteiger partial charge >= 0.3 is 0 Å². The third-order valence-electron chi connectivity index (χ3n) is 2.68. The van der Waals surface area contributed by atoms with Gasteiger partial charge in [0.1, 0.15) is 12.2 Å². The summed E-state index contributed by atoms with van der Waals surface area (Å²) in [6, 6.07) is 4.99. The lowest BCUT2D eigenvalue weighted by atomic mass is 10.1. The summed E-state index contributed by atoms with van der Waals surface area (Å²) in [6.07, 6.45) is 1.60. The zero-order valence-corrected chi connectivity index (χ0v) is 12.1. The highest BCUT2D eigenvalue weighted by molar-refractivity contribution is 6.35. The number of nitrogens with zero attached hydrogens (tertiary/aromatic N) is 3. The molecule has 6 heteroatoms. The van der Waals surface area contributed by atoms with Crippen LogP contribution in [0.5, 0.6) is 0 Å². The molecule has 100 valence electrons. The van der Waals surface area contributed by atoms with Gasteiger partial charge in [0.2, 0.25) is 0 Å². The SMILES string of the molecule is CC(C)n1ncnc1CC(=O)c1cc(Cl)ccc1Cl. The number of carbonyl (C=O) groups excluding carboxylic acids is 1. The van der Waals surface area contributed by atoms with E-state index in [4.69, 9.17) is 23.2 Å². The largest absolute Gasteiger partial charge is 0.294 e.